The minimum atomic E-state index is -4.35. The van der Waals surface area contributed by atoms with Crippen molar-refractivity contribution in [2.24, 2.45) is 0 Å². The molecule has 2 aromatic carbocycles. The quantitative estimate of drug-likeness (QED) is 0.884. The lowest BCUT2D eigenvalue weighted by atomic mass is 10.1. The van der Waals surface area contributed by atoms with Gasteiger partial charge in [-0.05, 0) is 35.7 Å². The van der Waals surface area contributed by atoms with Crippen LogP contribution in [0.25, 0.3) is 0 Å². The van der Waals surface area contributed by atoms with Crippen LogP contribution in [0.5, 0.6) is 0 Å². The maximum atomic E-state index is 12.5. The molecule has 24 heavy (non-hydrogen) atoms. The predicted molar refractivity (Wildman–Crippen MR) is 86.3 cm³/mol. The molecular formula is C18H19F3N2O. The van der Waals surface area contributed by atoms with Gasteiger partial charge in [0.15, 0.2) is 0 Å². The molecule has 0 unspecified atom stereocenters. The lowest BCUT2D eigenvalue weighted by Gasteiger charge is -2.19. The lowest BCUT2D eigenvalue weighted by Crippen LogP contribution is -2.36. The van der Waals surface area contributed by atoms with E-state index in [-0.39, 0.29) is 12.6 Å². The van der Waals surface area contributed by atoms with E-state index in [1.165, 1.54) is 17.0 Å². The summed E-state index contributed by atoms with van der Waals surface area (Å²) in [7, 11) is 1.68. The van der Waals surface area contributed by atoms with Crippen LogP contribution < -0.4 is 5.32 Å². The highest BCUT2D eigenvalue weighted by Gasteiger charge is 2.29. The number of aryl methyl sites for hydroxylation is 1. The van der Waals surface area contributed by atoms with Crippen molar-refractivity contribution in [1.82, 2.24) is 10.2 Å². The molecule has 2 aromatic rings. The predicted octanol–water partition coefficient (Wildman–Crippen LogP) is 4.36. The zero-order valence-electron chi connectivity index (χ0n) is 13.5. The first-order chi connectivity index (χ1) is 11.3. The average molecular weight is 336 g/mol. The van der Waals surface area contributed by atoms with Crippen molar-refractivity contribution in [2.75, 3.05) is 7.05 Å². The van der Waals surface area contributed by atoms with Gasteiger partial charge in [0.1, 0.15) is 0 Å². The summed E-state index contributed by atoms with van der Waals surface area (Å²) in [5.41, 5.74) is 2.06. The van der Waals surface area contributed by atoms with Crippen LogP contribution in [0.1, 0.15) is 22.3 Å². The van der Waals surface area contributed by atoms with Crippen molar-refractivity contribution < 1.29 is 18.0 Å². The fourth-order valence-electron chi connectivity index (χ4n) is 2.24. The second kappa shape index (κ2) is 7.38. The molecule has 0 spiro atoms. The molecule has 0 saturated heterocycles. The zero-order valence-corrected chi connectivity index (χ0v) is 13.5. The van der Waals surface area contributed by atoms with Crippen molar-refractivity contribution >= 4 is 6.03 Å². The van der Waals surface area contributed by atoms with E-state index in [4.69, 9.17) is 0 Å². The second-order valence-electron chi connectivity index (χ2n) is 5.64. The average Bonchev–Trinajstić information content (AvgIpc) is 2.54. The second-order valence-corrected chi connectivity index (χ2v) is 5.64. The molecule has 0 radical (unpaired) electrons. The van der Waals surface area contributed by atoms with E-state index in [2.05, 4.69) is 5.32 Å². The number of hydrogen-bond acceptors (Lipinski definition) is 1. The van der Waals surface area contributed by atoms with Gasteiger partial charge in [-0.3, -0.25) is 0 Å². The minimum Gasteiger partial charge on any atom is -0.334 e. The Morgan fingerprint density at radius 2 is 1.71 bits per heavy atom. The van der Waals surface area contributed by atoms with E-state index in [9.17, 15) is 18.0 Å². The zero-order chi connectivity index (χ0) is 17.7. The molecule has 0 aliphatic carbocycles. The summed E-state index contributed by atoms with van der Waals surface area (Å²) in [5.74, 6) is 0. The van der Waals surface area contributed by atoms with Crippen LogP contribution in [0, 0.1) is 6.92 Å². The Labute approximate surface area is 139 Å². The molecule has 0 bridgehead atoms. The molecule has 0 saturated carbocycles. The first-order valence-electron chi connectivity index (χ1n) is 7.47. The van der Waals surface area contributed by atoms with Gasteiger partial charge in [-0.2, -0.15) is 13.2 Å². The van der Waals surface area contributed by atoms with Gasteiger partial charge in [-0.25, -0.2) is 4.79 Å². The maximum absolute atomic E-state index is 12.5. The molecule has 1 N–H and O–H groups in total. The maximum Gasteiger partial charge on any atom is 0.416 e. The number of amides is 2. The molecule has 0 heterocycles. The van der Waals surface area contributed by atoms with Crippen molar-refractivity contribution in [3.8, 4) is 0 Å². The number of benzene rings is 2. The van der Waals surface area contributed by atoms with Crippen molar-refractivity contribution in [1.29, 1.82) is 0 Å². The number of rotatable bonds is 4. The van der Waals surface area contributed by atoms with Crippen molar-refractivity contribution in [3.05, 3.63) is 70.8 Å². The fraction of sp³-hybridized carbons (Fsp3) is 0.278. The molecule has 6 heteroatoms. The number of halogens is 3. The number of nitrogens with zero attached hydrogens (tertiary/aromatic N) is 1. The Bertz CT molecular complexity index is 696. The molecule has 0 atom stereocenters. The largest absolute Gasteiger partial charge is 0.416 e. The smallest absolute Gasteiger partial charge is 0.334 e. The first kappa shape index (κ1) is 17.8. The van der Waals surface area contributed by atoms with E-state index >= 15 is 0 Å². The summed E-state index contributed by atoms with van der Waals surface area (Å²) in [6.45, 7) is 2.61. The first-order valence-corrected chi connectivity index (χ1v) is 7.47. The highest BCUT2D eigenvalue weighted by Crippen LogP contribution is 2.29. The molecular weight excluding hydrogens is 317 g/mol. The Hall–Kier alpha value is -2.50. The van der Waals surface area contributed by atoms with Gasteiger partial charge >= 0.3 is 12.2 Å². The molecule has 128 valence electrons. The summed E-state index contributed by atoms with van der Waals surface area (Å²) < 4.78 is 37.5. The molecule has 0 fully saturated rings. The van der Waals surface area contributed by atoms with Crippen LogP contribution in [-0.4, -0.2) is 18.0 Å². The summed E-state index contributed by atoms with van der Waals surface area (Å²) in [6.07, 6.45) is -4.35. The van der Waals surface area contributed by atoms with Crippen molar-refractivity contribution in [2.45, 2.75) is 26.2 Å². The molecule has 0 aliphatic rings. The van der Waals surface area contributed by atoms with Gasteiger partial charge in [-0.1, -0.05) is 36.4 Å². The third-order valence-electron chi connectivity index (χ3n) is 3.74. The number of urea groups is 1. The highest BCUT2D eigenvalue weighted by molar-refractivity contribution is 5.73. The standard InChI is InChI=1S/C18H19F3N2O/c1-13-5-3-4-6-15(13)12-23(2)17(24)22-11-14-7-9-16(10-8-14)18(19,20)21/h3-10H,11-12H2,1-2H3,(H,22,24). The molecule has 0 aliphatic heterocycles. The molecule has 3 nitrogen and oxygen atoms in total. The summed E-state index contributed by atoms with van der Waals surface area (Å²) in [5, 5.41) is 2.70. The fourth-order valence-corrected chi connectivity index (χ4v) is 2.24. The van der Waals surface area contributed by atoms with Gasteiger partial charge in [0.05, 0.1) is 5.56 Å². The number of alkyl halides is 3. The Morgan fingerprint density at radius 3 is 2.29 bits per heavy atom. The van der Waals surface area contributed by atoms with Crippen LogP contribution in [-0.2, 0) is 19.3 Å². The minimum absolute atomic E-state index is 0.176. The van der Waals surface area contributed by atoms with E-state index in [1.807, 2.05) is 31.2 Å². The van der Waals surface area contributed by atoms with Gasteiger partial charge in [0, 0.05) is 20.1 Å². The monoisotopic (exact) mass is 336 g/mol. The van der Waals surface area contributed by atoms with Gasteiger partial charge in [0.25, 0.3) is 0 Å². The van der Waals surface area contributed by atoms with Crippen molar-refractivity contribution in [3.63, 3.8) is 0 Å². The van der Waals surface area contributed by atoms with E-state index in [0.717, 1.165) is 23.3 Å². The number of nitrogens with one attached hydrogen (secondary N) is 1. The normalized spacial score (nSPS) is 11.2. The van der Waals surface area contributed by atoms with Crippen LogP contribution in [0.15, 0.2) is 48.5 Å². The number of carbonyl (C=O) groups excluding carboxylic acids is 1. The topological polar surface area (TPSA) is 32.3 Å². The Morgan fingerprint density at radius 1 is 1.08 bits per heavy atom. The Kier molecular flexibility index (Phi) is 5.49. The Balaban J connectivity index is 1.89. The van der Waals surface area contributed by atoms with Gasteiger partial charge in [-0.15, -0.1) is 0 Å². The summed E-state index contributed by atoms with van der Waals surface area (Å²) >= 11 is 0. The SMILES string of the molecule is Cc1ccccc1CN(C)C(=O)NCc1ccc(C(F)(F)F)cc1. The van der Waals surface area contributed by atoms with E-state index < -0.39 is 11.7 Å². The van der Waals surface area contributed by atoms with Gasteiger partial charge < -0.3 is 10.2 Å². The summed E-state index contributed by atoms with van der Waals surface area (Å²) in [4.78, 5) is 13.6. The number of hydrogen-bond donors (Lipinski definition) is 1. The molecule has 0 aromatic heterocycles. The van der Waals surface area contributed by atoms with E-state index in [0.29, 0.717) is 12.1 Å². The third kappa shape index (κ3) is 4.75. The van der Waals surface area contributed by atoms with Crippen LogP contribution in [0.3, 0.4) is 0 Å². The van der Waals surface area contributed by atoms with Crippen LogP contribution in [0.2, 0.25) is 0 Å². The summed E-state index contributed by atoms with van der Waals surface area (Å²) in [6, 6.07) is 12.3. The van der Waals surface area contributed by atoms with E-state index in [1.54, 1.807) is 7.05 Å². The van der Waals surface area contributed by atoms with Gasteiger partial charge in [0.2, 0.25) is 0 Å². The molecule has 2 amide bonds. The lowest BCUT2D eigenvalue weighted by molar-refractivity contribution is -0.137. The highest BCUT2D eigenvalue weighted by atomic mass is 19.4. The molecule has 2 rings (SSSR count). The number of carbonyl (C=O) groups is 1. The third-order valence-corrected chi connectivity index (χ3v) is 3.74. The van der Waals surface area contributed by atoms with Crippen LogP contribution >= 0.6 is 0 Å². The van der Waals surface area contributed by atoms with Crippen LogP contribution in [0.4, 0.5) is 18.0 Å².